The number of hydrogen-bond acceptors (Lipinski definition) is 2. The number of allylic oxidation sites excluding steroid dienone is 4. The van der Waals surface area contributed by atoms with Crippen LogP contribution in [0.4, 0.5) is 0 Å². The molecule has 166 valence electrons. The third kappa shape index (κ3) is 14.5. The smallest absolute Gasteiger partial charge is 0.362 e. The minimum Gasteiger partial charge on any atom is -0.373 e. The highest BCUT2D eigenvalue weighted by Gasteiger charge is 2.48. The van der Waals surface area contributed by atoms with E-state index in [4.69, 9.17) is 0 Å². The average Bonchev–Trinajstić information content (AvgIpc) is 2.56. The Hall–Kier alpha value is -0.450. The Kier molecular flexibility index (Phi) is 14.3. The van der Waals surface area contributed by atoms with Crippen molar-refractivity contribution in [1.82, 2.24) is 0 Å². The Morgan fingerprint density at radius 1 is 0.786 bits per heavy atom. The normalized spacial score (nSPS) is 15.5. The fourth-order valence-electron chi connectivity index (χ4n) is 3.27. The summed E-state index contributed by atoms with van der Waals surface area (Å²) in [7, 11) is 0.867. The Labute approximate surface area is 173 Å². The zero-order chi connectivity index (χ0) is 21.5. The van der Waals surface area contributed by atoms with Gasteiger partial charge in [-0.3, -0.25) is 4.57 Å². The van der Waals surface area contributed by atoms with Crippen LogP contribution in [0.3, 0.4) is 0 Å². The summed E-state index contributed by atoms with van der Waals surface area (Å²) in [4.78, 5) is 19.1. The van der Waals surface area contributed by atoms with Crippen LogP contribution in [0, 0.1) is 0 Å². The Bertz CT molecular complexity index is 493. The maximum atomic E-state index is 11.7. The van der Waals surface area contributed by atoms with Gasteiger partial charge in [0.05, 0.1) is 21.1 Å². The largest absolute Gasteiger partial charge is 0.373 e. The summed E-state index contributed by atoms with van der Waals surface area (Å²) in [6.45, 7) is 2.26. The van der Waals surface area contributed by atoms with Crippen molar-refractivity contribution < 1.29 is 23.9 Å². The van der Waals surface area contributed by atoms with Crippen molar-refractivity contribution in [3.05, 3.63) is 24.3 Å². The molecule has 3 N–H and O–H groups in total. The molecule has 6 heteroatoms. The van der Waals surface area contributed by atoms with Crippen molar-refractivity contribution in [2.24, 2.45) is 0 Å². The van der Waals surface area contributed by atoms with Crippen LogP contribution in [-0.2, 0) is 4.57 Å². The zero-order valence-corrected chi connectivity index (χ0v) is 19.5. The van der Waals surface area contributed by atoms with Gasteiger partial charge < -0.3 is 19.4 Å². The summed E-state index contributed by atoms with van der Waals surface area (Å²) in [6.07, 6.45) is 21.3. The van der Waals surface area contributed by atoms with Gasteiger partial charge in [0, 0.05) is 0 Å². The monoisotopic (exact) mass is 418 g/mol. The van der Waals surface area contributed by atoms with Gasteiger partial charge in [-0.1, -0.05) is 69.8 Å². The number of likely N-dealkylation sites (N-methyl/N-ethyl adjacent to an activating group) is 1. The summed E-state index contributed by atoms with van der Waals surface area (Å²) in [5.41, 5.74) is 0. The number of quaternary nitrogens is 1. The van der Waals surface area contributed by atoms with Gasteiger partial charge in [0.2, 0.25) is 5.34 Å². The predicted octanol–water partition coefficient (Wildman–Crippen LogP) is 5.37. The molecule has 0 aromatic rings. The van der Waals surface area contributed by atoms with Crippen LogP contribution in [0.25, 0.3) is 0 Å². The maximum Gasteiger partial charge on any atom is 0.362 e. The van der Waals surface area contributed by atoms with Crippen molar-refractivity contribution in [3.63, 3.8) is 0 Å². The number of unbranched alkanes of at least 4 members (excludes halogenated alkanes) is 8. The molecule has 0 heterocycles. The molecule has 0 aromatic heterocycles. The summed E-state index contributed by atoms with van der Waals surface area (Å²) in [5.74, 6) is 0. The van der Waals surface area contributed by atoms with Gasteiger partial charge in [0.1, 0.15) is 6.54 Å². The van der Waals surface area contributed by atoms with E-state index in [0.717, 1.165) is 19.3 Å². The highest BCUT2D eigenvalue weighted by molar-refractivity contribution is 7.53. The van der Waals surface area contributed by atoms with Crippen molar-refractivity contribution in [2.45, 2.75) is 89.3 Å². The van der Waals surface area contributed by atoms with Crippen molar-refractivity contribution in [2.75, 3.05) is 27.7 Å². The van der Waals surface area contributed by atoms with Gasteiger partial charge >= 0.3 is 7.60 Å². The molecule has 0 radical (unpaired) electrons. The van der Waals surface area contributed by atoms with Crippen LogP contribution in [0.1, 0.15) is 84.0 Å². The fraction of sp³-hybridized carbons (Fsp3) is 0.818. The van der Waals surface area contributed by atoms with E-state index in [1.807, 2.05) is 33.3 Å². The number of rotatable bonds is 17. The first-order valence-corrected chi connectivity index (χ1v) is 12.5. The molecule has 1 atom stereocenters. The Morgan fingerprint density at radius 2 is 1.25 bits per heavy atom. The van der Waals surface area contributed by atoms with Crippen molar-refractivity contribution >= 4 is 7.60 Å². The van der Waals surface area contributed by atoms with E-state index in [-0.39, 0.29) is 13.0 Å². The van der Waals surface area contributed by atoms with E-state index in [1.165, 1.54) is 44.9 Å². The topological polar surface area (TPSA) is 77.8 Å². The first-order chi connectivity index (χ1) is 13.0. The van der Waals surface area contributed by atoms with E-state index in [2.05, 4.69) is 19.1 Å². The molecule has 0 aliphatic rings. The lowest BCUT2D eigenvalue weighted by Gasteiger charge is -2.35. The van der Waals surface area contributed by atoms with Crippen LogP contribution in [0.5, 0.6) is 0 Å². The molecule has 0 aliphatic heterocycles. The van der Waals surface area contributed by atoms with Crippen LogP contribution in [0.2, 0.25) is 0 Å². The van der Waals surface area contributed by atoms with Gasteiger partial charge in [-0.15, -0.1) is 0 Å². The second kappa shape index (κ2) is 14.5. The Morgan fingerprint density at radius 3 is 1.75 bits per heavy atom. The highest BCUT2D eigenvalue weighted by Crippen LogP contribution is 2.52. The van der Waals surface area contributed by atoms with Gasteiger partial charge in [0.25, 0.3) is 0 Å². The molecule has 0 aliphatic carbocycles. The van der Waals surface area contributed by atoms with Crippen molar-refractivity contribution in [1.29, 1.82) is 0 Å². The molecule has 28 heavy (non-hydrogen) atoms. The van der Waals surface area contributed by atoms with Gasteiger partial charge in [-0.2, -0.15) is 0 Å². The molecule has 0 saturated heterocycles. The number of hydrogen-bond donors (Lipinski definition) is 3. The molecule has 0 rings (SSSR count). The van der Waals surface area contributed by atoms with Crippen LogP contribution >= 0.6 is 7.60 Å². The second-order valence-electron chi connectivity index (χ2n) is 8.94. The van der Waals surface area contributed by atoms with Crippen molar-refractivity contribution in [3.8, 4) is 0 Å². The lowest BCUT2D eigenvalue weighted by molar-refractivity contribution is -0.875. The Balaban J connectivity index is 3.92. The quantitative estimate of drug-likeness (QED) is 0.128. The molecule has 0 amide bonds. The van der Waals surface area contributed by atoms with E-state index < -0.39 is 12.9 Å². The molecule has 5 nitrogen and oxygen atoms in total. The second-order valence-corrected chi connectivity index (χ2v) is 10.9. The summed E-state index contributed by atoms with van der Waals surface area (Å²) < 4.78 is 12.0. The molecule has 0 saturated carbocycles. The summed E-state index contributed by atoms with van der Waals surface area (Å²) in [5, 5.41) is 8.50. The molecule has 0 spiro atoms. The lowest BCUT2D eigenvalue weighted by Crippen LogP contribution is -2.49. The van der Waals surface area contributed by atoms with Gasteiger partial charge in [0.15, 0.2) is 0 Å². The summed E-state index contributed by atoms with van der Waals surface area (Å²) in [6, 6.07) is 0. The first-order valence-electron chi connectivity index (χ1n) is 10.9. The fourth-order valence-corrected chi connectivity index (χ4v) is 4.30. The van der Waals surface area contributed by atoms with E-state index in [1.54, 1.807) is 0 Å². The number of aliphatic hydroxyl groups is 1. The lowest BCUT2D eigenvalue weighted by atomic mass is 10.1. The third-order valence-corrected chi connectivity index (χ3v) is 6.24. The average molecular weight is 419 g/mol. The minimum atomic E-state index is -4.58. The maximum absolute atomic E-state index is 11.7. The van der Waals surface area contributed by atoms with Gasteiger partial charge in [-0.05, 0) is 38.5 Å². The first kappa shape index (κ1) is 27.5. The SMILES string of the molecule is CCCCCCCCC/C=C\CC/C=C\CCC(O)(C[N+](C)(C)C)P(=O)(O)O. The molecule has 0 aromatic carbocycles. The van der Waals surface area contributed by atoms with E-state index in [9.17, 15) is 19.5 Å². The van der Waals surface area contributed by atoms with Crippen LogP contribution < -0.4 is 0 Å². The molecule has 1 unspecified atom stereocenters. The highest BCUT2D eigenvalue weighted by atomic mass is 31.2. The minimum absolute atomic E-state index is 0.0203. The predicted molar refractivity (Wildman–Crippen MR) is 119 cm³/mol. The molecular weight excluding hydrogens is 373 g/mol. The molecule has 0 fully saturated rings. The zero-order valence-electron chi connectivity index (χ0n) is 18.6. The van der Waals surface area contributed by atoms with Gasteiger partial charge in [-0.25, -0.2) is 0 Å². The molecular formula is C22H45NO4P+. The van der Waals surface area contributed by atoms with Crippen LogP contribution in [-0.4, -0.2) is 52.4 Å². The number of nitrogens with zero attached hydrogens (tertiary/aromatic N) is 1. The van der Waals surface area contributed by atoms with E-state index >= 15 is 0 Å². The summed E-state index contributed by atoms with van der Waals surface area (Å²) >= 11 is 0. The third-order valence-electron chi connectivity index (χ3n) is 4.79. The molecule has 0 bridgehead atoms. The van der Waals surface area contributed by atoms with E-state index in [0.29, 0.717) is 10.9 Å². The standard InChI is InChI=1S/C22H44NO4P/c1-5-6-7-8-9-10-11-12-13-14-15-16-17-18-19-20-22(24,28(25,26)27)21-23(2,3)4/h13-14,17-18,24H,5-12,15-16,19-21H2,1-4H3,(H-,25,26,27)/p+1/b14-13-,18-17-. The van der Waals surface area contributed by atoms with Crippen LogP contribution in [0.15, 0.2) is 24.3 Å².